The Morgan fingerprint density at radius 3 is 2.56 bits per heavy atom. The van der Waals surface area contributed by atoms with Crippen molar-refractivity contribution in [2.45, 2.75) is 25.8 Å². The number of nitrogens with one attached hydrogen (secondary N) is 2. The number of hydrogen-bond acceptors (Lipinski definition) is 6. The third-order valence-corrected chi connectivity index (χ3v) is 5.15. The maximum atomic E-state index is 11.6. The summed E-state index contributed by atoms with van der Waals surface area (Å²) < 4.78 is 23.1. The third-order valence-electron chi connectivity index (χ3n) is 3.24. The molecule has 1 aliphatic heterocycles. The van der Waals surface area contributed by atoms with Gasteiger partial charge in [0.15, 0.2) is 9.84 Å². The van der Waals surface area contributed by atoms with E-state index in [2.05, 4.69) is 20.6 Å². The van der Waals surface area contributed by atoms with E-state index in [4.69, 9.17) is 0 Å². The minimum Gasteiger partial charge on any atom is -0.373 e. The van der Waals surface area contributed by atoms with Crippen LogP contribution in [-0.4, -0.2) is 42.5 Å². The lowest BCUT2D eigenvalue weighted by Crippen LogP contribution is -2.36. The molecule has 0 aliphatic carbocycles. The summed E-state index contributed by atoms with van der Waals surface area (Å²) in [5.41, 5.74) is 0.452. The molecule has 2 heterocycles. The summed E-state index contributed by atoms with van der Waals surface area (Å²) in [7, 11) is -1.13. The van der Waals surface area contributed by atoms with E-state index in [0.717, 1.165) is 11.4 Å². The van der Waals surface area contributed by atoms with Gasteiger partial charge in [0.1, 0.15) is 18.0 Å². The fourth-order valence-electron chi connectivity index (χ4n) is 2.22. The van der Waals surface area contributed by atoms with Gasteiger partial charge >= 0.3 is 0 Å². The van der Waals surface area contributed by atoms with Crippen molar-refractivity contribution in [2.75, 3.05) is 29.2 Å². The summed E-state index contributed by atoms with van der Waals surface area (Å²) in [4.78, 5) is 8.29. The van der Waals surface area contributed by atoms with E-state index < -0.39 is 15.4 Å². The highest BCUT2D eigenvalue weighted by Crippen LogP contribution is 2.29. The molecule has 0 saturated carbocycles. The average Bonchev–Trinajstić information content (AvgIpc) is 2.56. The molecule has 6 nitrogen and oxygen atoms in total. The summed E-state index contributed by atoms with van der Waals surface area (Å²) in [6.45, 7) is 3.82. The predicted molar refractivity (Wildman–Crippen MR) is 71.6 cm³/mol. The molecule has 1 aromatic heterocycles. The Morgan fingerprint density at radius 2 is 2.00 bits per heavy atom. The summed E-state index contributed by atoms with van der Waals surface area (Å²) in [6, 6.07) is 0. The van der Waals surface area contributed by atoms with E-state index >= 15 is 0 Å². The van der Waals surface area contributed by atoms with Gasteiger partial charge in [-0.1, -0.05) is 0 Å². The molecular weight excluding hydrogens is 252 g/mol. The van der Waals surface area contributed by atoms with Gasteiger partial charge in [-0.05, 0) is 20.3 Å². The topological polar surface area (TPSA) is 84.0 Å². The molecule has 0 amide bonds. The van der Waals surface area contributed by atoms with E-state index in [1.54, 1.807) is 7.05 Å². The van der Waals surface area contributed by atoms with Crippen molar-refractivity contribution in [3.63, 3.8) is 0 Å². The highest BCUT2D eigenvalue weighted by molar-refractivity contribution is 7.91. The smallest absolute Gasteiger partial charge is 0.152 e. The largest absolute Gasteiger partial charge is 0.373 e. The molecule has 1 aliphatic rings. The molecule has 100 valence electrons. The fourth-order valence-corrected chi connectivity index (χ4v) is 4.32. The van der Waals surface area contributed by atoms with Crippen LogP contribution in [0.1, 0.15) is 18.9 Å². The Bertz CT molecular complexity index is 558. The van der Waals surface area contributed by atoms with E-state index in [9.17, 15) is 8.42 Å². The van der Waals surface area contributed by atoms with Gasteiger partial charge in [-0.15, -0.1) is 0 Å². The highest BCUT2D eigenvalue weighted by Gasteiger charge is 2.38. The molecule has 7 heteroatoms. The van der Waals surface area contributed by atoms with Crippen LogP contribution < -0.4 is 10.6 Å². The van der Waals surface area contributed by atoms with Gasteiger partial charge in [0, 0.05) is 12.6 Å². The van der Waals surface area contributed by atoms with Crippen LogP contribution in [0.15, 0.2) is 6.33 Å². The number of aromatic nitrogens is 2. The second kappa shape index (κ2) is 4.38. The number of hydrogen-bond donors (Lipinski definition) is 2. The number of sulfone groups is 1. The molecule has 2 rings (SSSR count). The minimum atomic E-state index is -2.92. The van der Waals surface area contributed by atoms with Crippen molar-refractivity contribution >= 4 is 21.5 Å². The van der Waals surface area contributed by atoms with Gasteiger partial charge in [-0.3, -0.25) is 0 Å². The van der Waals surface area contributed by atoms with Crippen molar-refractivity contribution in [1.82, 2.24) is 9.97 Å². The van der Waals surface area contributed by atoms with Crippen molar-refractivity contribution in [3.05, 3.63) is 11.9 Å². The molecular formula is C11H18N4O2S. The molecule has 0 aromatic carbocycles. The van der Waals surface area contributed by atoms with Crippen LogP contribution in [0, 0.1) is 6.92 Å². The quantitative estimate of drug-likeness (QED) is 0.846. The van der Waals surface area contributed by atoms with E-state index in [-0.39, 0.29) is 11.5 Å². The van der Waals surface area contributed by atoms with Gasteiger partial charge in [0.25, 0.3) is 0 Å². The Hall–Kier alpha value is -1.37. The first-order valence-corrected chi connectivity index (χ1v) is 7.65. The number of rotatable bonds is 3. The van der Waals surface area contributed by atoms with Crippen molar-refractivity contribution in [2.24, 2.45) is 0 Å². The molecule has 0 radical (unpaired) electrons. The first-order valence-electron chi connectivity index (χ1n) is 5.83. The minimum absolute atomic E-state index is 0.151. The van der Waals surface area contributed by atoms with Crippen LogP contribution in [0.25, 0.3) is 0 Å². The van der Waals surface area contributed by atoms with Crippen LogP contribution >= 0.6 is 0 Å². The number of anilines is 2. The van der Waals surface area contributed by atoms with E-state index in [0.29, 0.717) is 12.2 Å². The van der Waals surface area contributed by atoms with Crippen LogP contribution in [-0.2, 0) is 9.84 Å². The van der Waals surface area contributed by atoms with Crippen LogP contribution in [0.2, 0.25) is 0 Å². The van der Waals surface area contributed by atoms with Crippen molar-refractivity contribution in [1.29, 1.82) is 0 Å². The molecule has 18 heavy (non-hydrogen) atoms. The van der Waals surface area contributed by atoms with Crippen LogP contribution in [0.4, 0.5) is 11.6 Å². The van der Waals surface area contributed by atoms with Crippen LogP contribution in [0.3, 0.4) is 0 Å². The molecule has 1 unspecified atom stereocenters. The molecule has 1 fully saturated rings. The SMILES string of the molecule is CNc1ncnc(NC2(C)CCS(=O)(=O)C2)c1C. The molecule has 0 spiro atoms. The lowest BCUT2D eigenvalue weighted by molar-refractivity contribution is 0.571. The highest BCUT2D eigenvalue weighted by atomic mass is 32.2. The monoisotopic (exact) mass is 270 g/mol. The first-order chi connectivity index (χ1) is 8.35. The maximum absolute atomic E-state index is 11.6. The lowest BCUT2D eigenvalue weighted by atomic mass is 10.0. The van der Waals surface area contributed by atoms with Gasteiger partial charge in [-0.2, -0.15) is 0 Å². The fraction of sp³-hybridized carbons (Fsp3) is 0.636. The Morgan fingerprint density at radius 1 is 1.33 bits per heavy atom. The maximum Gasteiger partial charge on any atom is 0.152 e. The van der Waals surface area contributed by atoms with Crippen molar-refractivity contribution in [3.8, 4) is 0 Å². The summed E-state index contributed by atoms with van der Waals surface area (Å²) in [5, 5.41) is 6.23. The average molecular weight is 270 g/mol. The van der Waals surface area contributed by atoms with Gasteiger partial charge in [-0.25, -0.2) is 18.4 Å². The summed E-state index contributed by atoms with van der Waals surface area (Å²) >= 11 is 0. The standard InChI is InChI=1S/C11H18N4O2S/c1-8-9(12-3)13-7-14-10(8)15-11(2)4-5-18(16,17)6-11/h7H,4-6H2,1-3H3,(H2,12,13,14,15). The van der Waals surface area contributed by atoms with Crippen LogP contribution in [0.5, 0.6) is 0 Å². The zero-order valence-electron chi connectivity index (χ0n) is 10.8. The predicted octanol–water partition coefficient (Wildman–Crippen LogP) is 0.816. The van der Waals surface area contributed by atoms with Gasteiger partial charge in [0.05, 0.1) is 17.0 Å². The number of nitrogens with zero attached hydrogens (tertiary/aromatic N) is 2. The Balaban J connectivity index is 2.25. The molecule has 1 aromatic rings. The first kappa shape index (κ1) is 13.1. The second-order valence-electron chi connectivity index (χ2n) is 4.97. The normalized spacial score (nSPS) is 25.9. The molecule has 1 saturated heterocycles. The van der Waals surface area contributed by atoms with E-state index in [1.807, 2.05) is 13.8 Å². The zero-order chi connectivity index (χ0) is 13.4. The van der Waals surface area contributed by atoms with E-state index in [1.165, 1.54) is 6.33 Å². The molecule has 1 atom stereocenters. The van der Waals surface area contributed by atoms with Crippen molar-refractivity contribution < 1.29 is 8.42 Å². The molecule has 2 N–H and O–H groups in total. The second-order valence-corrected chi connectivity index (χ2v) is 7.16. The summed E-state index contributed by atoms with van der Waals surface area (Å²) in [6.07, 6.45) is 2.07. The van der Waals surface area contributed by atoms with Gasteiger partial charge in [0.2, 0.25) is 0 Å². The summed E-state index contributed by atoms with van der Waals surface area (Å²) in [5.74, 6) is 1.82. The Labute approximate surface area is 107 Å². The molecule has 0 bridgehead atoms. The van der Waals surface area contributed by atoms with Gasteiger partial charge < -0.3 is 10.6 Å². The lowest BCUT2D eigenvalue weighted by Gasteiger charge is -2.25. The Kier molecular flexibility index (Phi) is 3.18. The third kappa shape index (κ3) is 2.55. The zero-order valence-corrected chi connectivity index (χ0v) is 11.6.